The highest BCUT2D eigenvalue weighted by Crippen LogP contribution is 2.27. The van der Waals surface area contributed by atoms with Crippen LogP contribution in [0.1, 0.15) is 10.9 Å². The molecule has 6 heteroatoms. The number of hydrogen-bond donors (Lipinski definition) is 2. The molecule has 0 aliphatic rings. The van der Waals surface area contributed by atoms with Crippen molar-refractivity contribution in [3.8, 4) is 0 Å². The van der Waals surface area contributed by atoms with Crippen molar-refractivity contribution in [2.75, 3.05) is 13.2 Å². The highest BCUT2D eigenvalue weighted by Gasteiger charge is 2.12. The Labute approximate surface area is 90.2 Å². The average molecular weight is 236 g/mol. The molecule has 0 aromatic carbocycles. The van der Waals surface area contributed by atoms with Gasteiger partial charge in [0, 0.05) is 4.88 Å². The van der Waals surface area contributed by atoms with Gasteiger partial charge in [-0.3, -0.25) is 0 Å². The summed E-state index contributed by atoms with van der Waals surface area (Å²) in [7, 11) is 0. The second-order valence-electron chi connectivity index (χ2n) is 2.65. The van der Waals surface area contributed by atoms with E-state index in [0.29, 0.717) is 5.02 Å². The molecule has 0 spiro atoms. The van der Waals surface area contributed by atoms with E-state index < -0.39 is 5.97 Å². The van der Waals surface area contributed by atoms with Gasteiger partial charge in [-0.25, -0.2) is 4.79 Å². The van der Waals surface area contributed by atoms with Crippen LogP contribution in [0.2, 0.25) is 5.02 Å². The van der Waals surface area contributed by atoms with E-state index in [1.54, 1.807) is 6.07 Å². The maximum Gasteiger partial charge on any atom is 0.329 e. The second kappa shape index (κ2) is 5.31. The van der Waals surface area contributed by atoms with Crippen LogP contribution in [-0.2, 0) is 9.53 Å². The summed E-state index contributed by atoms with van der Waals surface area (Å²) in [6, 6.07) is 1.39. The first-order valence-electron chi connectivity index (χ1n) is 3.89. The van der Waals surface area contributed by atoms with Gasteiger partial charge in [0.2, 0.25) is 0 Å². The van der Waals surface area contributed by atoms with Gasteiger partial charge in [-0.1, -0.05) is 11.6 Å². The molecule has 1 rings (SSSR count). The van der Waals surface area contributed by atoms with E-state index in [1.165, 1.54) is 11.3 Å². The van der Waals surface area contributed by atoms with Gasteiger partial charge in [0.05, 0.1) is 17.7 Å². The van der Waals surface area contributed by atoms with Crippen LogP contribution in [0.4, 0.5) is 0 Å². The first kappa shape index (κ1) is 11.5. The third kappa shape index (κ3) is 3.26. The van der Waals surface area contributed by atoms with Crippen molar-refractivity contribution in [3.63, 3.8) is 0 Å². The quantitative estimate of drug-likeness (QED) is 0.811. The highest BCUT2D eigenvalue weighted by atomic mass is 35.5. The lowest BCUT2D eigenvalue weighted by atomic mass is 10.3. The van der Waals surface area contributed by atoms with E-state index in [1.807, 2.05) is 5.38 Å². The largest absolute Gasteiger partial charge is 0.480 e. The van der Waals surface area contributed by atoms with Gasteiger partial charge < -0.3 is 15.6 Å². The van der Waals surface area contributed by atoms with Gasteiger partial charge in [0.15, 0.2) is 0 Å². The molecule has 0 fully saturated rings. The van der Waals surface area contributed by atoms with Gasteiger partial charge in [-0.15, -0.1) is 11.3 Å². The molecule has 0 radical (unpaired) electrons. The van der Waals surface area contributed by atoms with E-state index >= 15 is 0 Å². The lowest BCUT2D eigenvalue weighted by Gasteiger charge is -2.09. The minimum atomic E-state index is -1.01. The Hall–Kier alpha value is -0.620. The summed E-state index contributed by atoms with van der Waals surface area (Å²) in [5.74, 6) is -1.01. The predicted molar refractivity (Wildman–Crippen MR) is 54.7 cm³/mol. The van der Waals surface area contributed by atoms with Crippen LogP contribution in [0.5, 0.6) is 0 Å². The molecule has 1 heterocycles. The molecule has 0 aliphatic carbocycles. The lowest BCUT2D eigenvalue weighted by molar-refractivity contribution is -0.142. The summed E-state index contributed by atoms with van der Waals surface area (Å²) in [4.78, 5) is 11.0. The molecule has 1 unspecified atom stereocenters. The molecule has 0 saturated carbocycles. The van der Waals surface area contributed by atoms with Crippen LogP contribution >= 0.6 is 22.9 Å². The SMILES string of the molecule is NC(COCC(=O)O)c1sccc1Cl. The van der Waals surface area contributed by atoms with E-state index in [0.717, 1.165) is 4.88 Å². The van der Waals surface area contributed by atoms with Gasteiger partial charge in [0.25, 0.3) is 0 Å². The number of carbonyl (C=O) groups is 1. The number of carboxylic acid groups (broad SMARTS) is 1. The number of thiophene rings is 1. The summed E-state index contributed by atoms with van der Waals surface area (Å²) in [5.41, 5.74) is 5.73. The van der Waals surface area contributed by atoms with Gasteiger partial charge in [0.1, 0.15) is 6.61 Å². The van der Waals surface area contributed by atoms with Gasteiger partial charge in [-0.05, 0) is 11.4 Å². The molecule has 0 aliphatic heterocycles. The second-order valence-corrected chi connectivity index (χ2v) is 4.00. The molecule has 3 N–H and O–H groups in total. The average Bonchev–Trinajstić information content (AvgIpc) is 2.50. The van der Waals surface area contributed by atoms with Crippen LogP contribution < -0.4 is 5.73 Å². The standard InChI is InChI=1S/C8H10ClNO3S/c9-5-1-2-14-8(5)6(10)3-13-4-7(11)12/h1-2,6H,3-4,10H2,(H,11,12). The molecule has 14 heavy (non-hydrogen) atoms. The smallest absolute Gasteiger partial charge is 0.329 e. The summed E-state index contributed by atoms with van der Waals surface area (Å²) in [6.07, 6.45) is 0. The molecule has 1 aromatic heterocycles. The Morgan fingerprint density at radius 2 is 2.50 bits per heavy atom. The Morgan fingerprint density at radius 1 is 1.79 bits per heavy atom. The third-order valence-electron chi connectivity index (χ3n) is 1.50. The number of nitrogens with two attached hydrogens (primary N) is 1. The fraction of sp³-hybridized carbons (Fsp3) is 0.375. The Bertz CT molecular complexity index is 315. The van der Waals surface area contributed by atoms with Crippen LogP contribution in [0, 0.1) is 0 Å². The minimum absolute atomic E-state index is 0.159. The zero-order chi connectivity index (χ0) is 10.6. The van der Waals surface area contributed by atoms with E-state index in [9.17, 15) is 4.79 Å². The molecule has 1 aromatic rings. The predicted octanol–water partition coefficient (Wildman–Crippen LogP) is 1.50. The van der Waals surface area contributed by atoms with E-state index in [4.69, 9.17) is 27.2 Å². The summed E-state index contributed by atoms with van der Waals surface area (Å²) in [6.45, 7) is -0.177. The maximum atomic E-state index is 10.1. The van der Waals surface area contributed by atoms with Gasteiger partial charge >= 0.3 is 5.97 Å². The third-order valence-corrected chi connectivity index (χ3v) is 2.99. The summed E-state index contributed by atoms with van der Waals surface area (Å²) in [5, 5.41) is 10.7. The lowest BCUT2D eigenvalue weighted by Crippen LogP contribution is -2.19. The number of carboxylic acids is 1. The van der Waals surface area contributed by atoms with Crippen LogP contribution in [-0.4, -0.2) is 24.3 Å². The Morgan fingerprint density at radius 3 is 3.00 bits per heavy atom. The van der Waals surface area contributed by atoms with Crippen molar-refractivity contribution in [2.24, 2.45) is 5.73 Å². The number of aliphatic carboxylic acids is 1. The Kier molecular flexibility index (Phi) is 4.34. The van der Waals surface area contributed by atoms with Crippen molar-refractivity contribution in [1.82, 2.24) is 0 Å². The molecule has 1 atom stereocenters. The van der Waals surface area contributed by atoms with Crippen molar-refractivity contribution < 1.29 is 14.6 Å². The normalized spacial score (nSPS) is 12.7. The Balaban J connectivity index is 2.39. The number of rotatable bonds is 5. The first-order valence-corrected chi connectivity index (χ1v) is 5.15. The summed E-state index contributed by atoms with van der Waals surface area (Å²) >= 11 is 7.27. The first-order chi connectivity index (χ1) is 6.61. The van der Waals surface area contributed by atoms with E-state index in [2.05, 4.69) is 0 Å². The molecule has 4 nitrogen and oxygen atoms in total. The molecule has 0 saturated heterocycles. The minimum Gasteiger partial charge on any atom is -0.480 e. The van der Waals surface area contributed by atoms with Crippen molar-refractivity contribution in [3.05, 3.63) is 21.3 Å². The zero-order valence-corrected chi connectivity index (χ0v) is 8.85. The topological polar surface area (TPSA) is 72.5 Å². The van der Waals surface area contributed by atoms with Crippen molar-refractivity contribution in [2.45, 2.75) is 6.04 Å². The molecular weight excluding hydrogens is 226 g/mol. The maximum absolute atomic E-state index is 10.1. The van der Waals surface area contributed by atoms with Crippen LogP contribution in [0.25, 0.3) is 0 Å². The molecule has 0 amide bonds. The summed E-state index contributed by atoms with van der Waals surface area (Å²) < 4.78 is 4.86. The number of hydrogen-bond acceptors (Lipinski definition) is 4. The van der Waals surface area contributed by atoms with Crippen molar-refractivity contribution in [1.29, 1.82) is 0 Å². The molecule has 0 bridgehead atoms. The van der Waals surface area contributed by atoms with Gasteiger partial charge in [-0.2, -0.15) is 0 Å². The number of halogens is 1. The van der Waals surface area contributed by atoms with Crippen molar-refractivity contribution >= 4 is 28.9 Å². The van der Waals surface area contributed by atoms with Crippen LogP contribution in [0.3, 0.4) is 0 Å². The number of ether oxygens (including phenoxy) is 1. The van der Waals surface area contributed by atoms with E-state index in [-0.39, 0.29) is 19.3 Å². The fourth-order valence-electron chi connectivity index (χ4n) is 0.919. The molecular formula is C8H10ClNO3S. The fourth-order valence-corrected chi connectivity index (χ4v) is 2.10. The van der Waals surface area contributed by atoms with Crippen LogP contribution in [0.15, 0.2) is 11.4 Å². The monoisotopic (exact) mass is 235 g/mol. The highest BCUT2D eigenvalue weighted by molar-refractivity contribution is 7.10. The zero-order valence-electron chi connectivity index (χ0n) is 7.27. The molecule has 78 valence electrons.